The summed E-state index contributed by atoms with van der Waals surface area (Å²) in [6.45, 7) is 4.04. The lowest BCUT2D eigenvalue weighted by molar-refractivity contribution is -0.143. The van der Waals surface area contributed by atoms with Crippen LogP contribution in [-0.2, 0) is 16.1 Å². The van der Waals surface area contributed by atoms with E-state index in [0.717, 1.165) is 0 Å². The van der Waals surface area contributed by atoms with Crippen molar-refractivity contribution in [3.8, 4) is 6.07 Å². The first-order valence-corrected chi connectivity index (χ1v) is 6.17. The summed E-state index contributed by atoms with van der Waals surface area (Å²) in [5.41, 5.74) is 0.686. The summed E-state index contributed by atoms with van der Waals surface area (Å²) in [7, 11) is 0. The number of nitrogens with zero attached hydrogens (tertiary/aromatic N) is 3. The van der Waals surface area contributed by atoms with Crippen molar-refractivity contribution in [1.29, 1.82) is 5.26 Å². The van der Waals surface area contributed by atoms with Crippen LogP contribution in [0, 0.1) is 28.6 Å². The Balaban J connectivity index is 1.85. The molecule has 0 bridgehead atoms. The van der Waals surface area contributed by atoms with Gasteiger partial charge in [0, 0.05) is 11.8 Å². The number of piperidine rings is 1. The van der Waals surface area contributed by atoms with Gasteiger partial charge < -0.3 is 0 Å². The molecule has 1 aliphatic carbocycles. The van der Waals surface area contributed by atoms with Gasteiger partial charge in [0.15, 0.2) is 0 Å². The number of likely N-dealkylation sites (tertiary alicyclic amines) is 1. The molecule has 1 aromatic heterocycles. The predicted octanol–water partition coefficient (Wildman–Crippen LogP) is 1.09. The number of aromatic nitrogens is 1. The van der Waals surface area contributed by atoms with E-state index >= 15 is 0 Å². The molecule has 2 heterocycles. The fourth-order valence-electron chi connectivity index (χ4n) is 3.00. The van der Waals surface area contributed by atoms with Crippen LogP contribution >= 0.6 is 0 Å². The molecular weight excluding hydrogens is 242 g/mol. The van der Waals surface area contributed by atoms with Gasteiger partial charge in [-0.3, -0.25) is 14.5 Å². The second-order valence-electron chi connectivity index (χ2n) is 5.66. The number of nitriles is 1. The fourth-order valence-corrected chi connectivity index (χ4v) is 3.00. The number of hydrogen-bond acceptors (Lipinski definition) is 4. The molecule has 19 heavy (non-hydrogen) atoms. The average molecular weight is 255 g/mol. The standard InChI is InChI=1S/C14H13N3O2/c1-14(2)10-11(14)13(19)17(12(10)18)7-8-4-3-5-16-9(8)6-15/h3-5,10-11H,7H2,1-2H3. The van der Waals surface area contributed by atoms with Gasteiger partial charge in [-0.2, -0.15) is 5.26 Å². The average Bonchev–Trinajstić information content (AvgIpc) is 2.86. The Morgan fingerprint density at radius 2 is 2.00 bits per heavy atom. The number of rotatable bonds is 2. The molecular formula is C14H13N3O2. The second kappa shape index (κ2) is 3.64. The van der Waals surface area contributed by atoms with E-state index in [0.29, 0.717) is 5.56 Å². The van der Waals surface area contributed by atoms with Crippen LogP contribution < -0.4 is 0 Å². The van der Waals surface area contributed by atoms with Crippen LogP contribution in [0.5, 0.6) is 0 Å². The van der Waals surface area contributed by atoms with Crippen molar-refractivity contribution in [3.05, 3.63) is 29.6 Å². The normalized spacial score (nSPS) is 27.1. The number of carbonyl (C=O) groups is 2. The molecule has 1 aliphatic heterocycles. The molecule has 2 fully saturated rings. The van der Waals surface area contributed by atoms with E-state index in [1.54, 1.807) is 12.1 Å². The number of pyridine rings is 1. The summed E-state index contributed by atoms with van der Waals surface area (Å²) < 4.78 is 0. The summed E-state index contributed by atoms with van der Waals surface area (Å²) in [6, 6.07) is 5.40. The zero-order valence-corrected chi connectivity index (χ0v) is 10.8. The summed E-state index contributed by atoms with van der Waals surface area (Å²) in [5, 5.41) is 8.97. The van der Waals surface area contributed by atoms with Crippen LogP contribution in [0.1, 0.15) is 25.1 Å². The molecule has 0 N–H and O–H groups in total. The number of carbonyl (C=O) groups excluding carboxylic acids is 2. The number of amides is 2. The molecule has 2 amide bonds. The number of fused-ring (bicyclic) bond motifs is 1. The van der Waals surface area contributed by atoms with Crippen LogP contribution in [0.2, 0.25) is 0 Å². The first-order chi connectivity index (χ1) is 8.98. The van der Waals surface area contributed by atoms with Gasteiger partial charge in [-0.15, -0.1) is 0 Å². The van der Waals surface area contributed by atoms with Crippen LogP contribution in [0.15, 0.2) is 18.3 Å². The van der Waals surface area contributed by atoms with Crippen molar-refractivity contribution < 1.29 is 9.59 Å². The Morgan fingerprint density at radius 3 is 2.58 bits per heavy atom. The zero-order valence-electron chi connectivity index (χ0n) is 10.8. The highest BCUT2D eigenvalue weighted by atomic mass is 16.2. The van der Waals surface area contributed by atoms with Crippen molar-refractivity contribution in [2.24, 2.45) is 17.3 Å². The summed E-state index contributed by atoms with van der Waals surface area (Å²) in [5.74, 6) is -0.593. The first-order valence-electron chi connectivity index (χ1n) is 6.17. The minimum Gasteiger partial charge on any atom is -0.277 e. The Bertz CT molecular complexity index is 606. The van der Waals surface area contributed by atoms with Crippen molar-refractivity contribution in [2.75, 3.05) is 0 Å². The lowest BCUT2D eigenvalue weighted by Gasteiger charge is -2.20. The molecule has 2 aliphatic rings. The Labute approximate surface area is 110 Å². The van der Waals surface area contributed by atoms with Crippen molar-refractivity contribution in [2.45, 2.75) is 20.4 Å². The van der Waals surface area contributed by atoms with E-state index < -0.39 is 0 Å². The van der Waals surface area contributed by atoms with E-state index in [9.17, 15) is 9.59 Å². The number of imide groups is 1. The molecule has 3 rings (SSSR count). The van der Waals surface area contributed by atoms with Crippen molar-refractivity contribution in [3.63, 3.8) is 0 Å². The molecule has 5 nitrogen and oxygen atoms in total. The predicted molar refractivity (Wildman–Crippen MR) is 65.3 cm³/mol. The molecule has 0 spiro atoms. The highest BCUT2D eigenvalue weighted by Crippen LogP contribution is 2.63. The molecule has 1 saturated carbocycles. The fraction of sp³-hybridized carbons (Fsp3) is 0.429. The van der Waals surface area contributed by atoms with E-state index in [4.69, 9.17) is 5.26 Å². The molecule has 0 radical (unpaired) electrons. The monoisotopic (exact) mass is 255 g/mol. The van der Waals surface area contributed by atoms with E-state index in [2.05, 4.69) is 4.98 Å². The summed E-state index contributed by atoms with van der Waals surface area (Å²) >= 11 is 0. The lowest BCUT2D eigenvalue weighted by Crippen LogP contribution is -2.35. The van der Waals surface area contributed by atoms with Gasteiger partial charge in [0.1, 0.15) is 11.8 Å². The quantitative estimate of drug-likeness (QED) is 0.741. The Kier molecular flexibility index (Phi) is 2.27. The van der Waals surface area contributed by atoms with Crippen molar-refractivity contribution >= 4 is 11.8 Å². The van der Waals surface area contributed by atoms with Crippen molar-refractivity contribution in [1.82, 2.24) is 9.88 Å². The first kappa shape index (κ1) is 11.8. The Morgan fingerprint density at radius 1 is 1.37 bits per heavy atom. The SMILES string of the molecule is CC1(C)C2C(=O)N(Cc3cccnc3C#N)C(=O)C21. The highest BCUT2D eigenvalue weighted by molar-refractivity contribution is 6.10. The zero-order chi connectivity index (χ0) is 13.8. The van der Waals surface area contributed by atoms with Crippen LogP contribution in [0.25, 0.3) is 0 Å². The molecule has 2 unspecified atom stereocenters. The molecule has 0 aromatic carbocycles. The minimum absolute atomic E-state index is 0.118. The third-order valence-electron chi connectivity index (χ3n) is 4.22. The van der Waals surface area contributed by atoms with Gasteiger partial charge in [-0.1, -0.05) is 19.9 Å². The van der Waals surface area contributed by atoms with E-state index in [1.807, 2.05) is 19.9 Å². The molecule has 96 valence electrons. The smallest absolute Gasteiger partial charge is 0.233 e. The van der Waals surface area contributed by atoms with Crippen LogP contribution in [0.4, 0.5) is 0 Å². The maximum Gasteiger partial charge on any atom is 0.233 e. The lowest BCUT2D eigenvalue weighted by atomic mass is 10.0. The molecule has 2 atom stereocenters. The minimum atomic E-state index is -0.197. The van der Waals surface area contributed by atoms with Gasteiger partial charge in [0.2, 0.25) is 11.8 Å². The third kappa shape index (κ3) is 1.49. The van der Waals surface area contributed by atoms with E-state index in [-0.39, 0.29) is 41.3 Å². The third-order valence-corrected chi connectivity index (χ3v) is 4.22. The van der Waals surface area contributed by atoms with Gasteiger partial charge in [0.25, 0.3) is 0 Å². The molecule has 1 aromatic rings. The van der Waals surface area contributed by atoms with Crippen LogP contribution in [-0.4, -0.2) is 21.7 Å². The largest absolute Gasteiger partial charge is 0.277 e. The summed E-state index contributed by atoms with van der Waals surface area (Å²) in [4.78, 5) is 29.6. The summed E-state index contributed by atoms with van der Waals surface area (Å²) in [6.07, 6.45) is 1.52. The van der Waals surface area contributed by atoms with Gasteiger partial charge in [-0.05, 0) is 11.5 Å². The second-order valence-corrected chi connectivity index (χ2v) is 5.66. The molecule has 5 heteroatoms. The highest BCUT2D eigenvalue weighted by Gasteiger charge is 2.72. The van der Waals surface area contributed by atoms with E-state index in [1.165, 1.54) is 11.1 Å². The maximum absolute atomic E-state index is 12.2. The Hall–Kier alpha value is -2.22. The van der Waals surface area contributed by atoms with Crippen LogP contribution in [0.3, 0.4) is 0 Å². The van der Waals surface area contributed by atoms with Gasteiger partial charge in [0.05, 0.1) is 18.4 Å². The molecule has 1 saturated heterocycles. The van der Waals surface area contributed by atoms with Gasteiger partial charge in [-0.25, -0.2) is 4.98 Å². The maximum atomic E-state index is 12.2. The van der Waals surface area contributed by atoms with Gasteiger partial charge >= 0.3 is 0 Å². The topological polar surface area (TPSA) is 74.1 Å². The number of hydrogen-bond donors (Lipinski definition) is 0.